The molecule has 1 aliphatic rings. The van der Waals surface area contributed by atoms with Gasteiger partial charge in [0, 0.05) is 28.5 Å². The first-order chi connectivity index (χ1) is 6.68. The van der Waals surface area contributed by atoms with Crippen molar-refractivity contribution < 1.29 is 5.11 Å². The van der Waals surface area contributed by atoms with Gasteiger partial charge in [-0.1, -0.05) is 33.6 Å². The van der Waals surface area contributed by atoms with E-state index in [0.717, 1.165) is 23.1 Å². The van der Waals surface area contributed by atoms with E-state index >= 15 is 0 Å². The fourth-order valence-electron chi connectivity index (χ4n) is 1.53. The SMILES string of the molecule is OC(c1ccc(Cl)cc1Br)C1CNC1. The molecule has 1 saturated heterocycles. The van der Waals surface area contributed by atoms with Gasteiger partial charge in [0.25, 0.3) is 0 Å². The summed E-state index contributed by atoms with van der Waals surface area (Å²) in [5.74, 6) is 0.326. The molecule has 1 atom stereocenters. The lowest BCUT2D eigenvalue weighted by molar-refractivity contribution is 0.0761. The Balaban J connectivity index is 2.22. The van der Waals surface area contributed by atoms with Gasteiger partial charge in [-0.15, -0.1) is 0 Å². The molecule has 1 aromatic carbocycles. The van der Waals surface area contributed by atoms with E-state index in [1.807, 2.05) is 12.1 Å². The first-order valence-electron chi connectivity index (χ1n) is 4.52. The number of aliphatic hydroxyl groups excluding tert-OH is 1. The van der Waals surface area contributed by atoms with E-state index in [2.05, 4.69) is 21.2 Å². The van der Waals surface area contributed by atoms with E-state index in [1.165, 1.54) is 0 Å². The van der Waals surface area contributed by atoms with Crippen molar-refractivity contribution in [3.8, 4) is 0 Å². The van der Waals surface area contributed by atoms with Crippen molar-refractivity contribution >= 4 is 27.5 Å². The standard InChI is InChI=1S/C10H11BrClNO/c11-9-3-7(12)1-2-8(9)10(14)6-4-13-5-6/h1-3,6,10,13-14H,4-5H2. The number of rotatable bonds is 2. The van der Waals surface area contributed by atoms with Crippen LogP contribution in [0.3, 0.4) is 0 Å². The molecule has 1 unspecified atom stereocenters. The average Bonchev–Trinajstić information content (AvgIpc) is 2.00. The number of halogens is 2. The highest BCUT2D eigenvalue weighted by molar-refractivity contribution is 9.10. The lowest BCUT2D eigenvalue weighted by Gasteiger charge is -2.32. The molecule has 0 amide bonds. The summed E-state index contributed by atoms with van der Waals surface area (Å²) in [6.07, 6.45) is -0.400. The van der Waals surface area contributed by atoms with Crippen molar-refractivity contribution in [1.82, 2.24) is 5.32 Å². The van der Waals surface area contributed by atoms with E-state index < -0.39 is 6.10 Å². The minimum Gasteiger partial charge on any atom is -0.388 e. The largest absolute Gasteiger partial charge is 0.388 e. The van der Waals surface area contributed by atoms with Crippen LogP contribution in [0.2, 0.25) is 5.02 Å². The van der Waals surface area contributed by atoms with Crippen molar-refractivity contribution in [3.05, 3.63) is 33.3 Å². The molecule has 2 rings (SSSR count). The van der Waals surface area contributed by atoms with Gasteiger partial charge in [-0.05, 0) is 17.7 Å². The Kier molecular flexibility index (Phi) is 3.12. The van der Waals surface area contributed by atoms with Gasteiger partial charge in [0.05, 0.1) is 6.10 Å². The van der Waals surface area contributed by atoms with Crippen LogP contribution >= 0.6 is 27.5 Å². The summed E-state index contributed by atoms with van der Waals surface area (Å²) in [4.78, 5) is 0. The monoisotopic (exact) mass is 275 g/mol. The Morgan fingerprint density at radius 2 is 2.21 bits per heavy atom. The highest BCUT2D eigenvalue weighted by atomic mass is 79.9. The third-order valence-corrected chi connectivity index (χ3v) is 3.46. The summed E-state index contributed by atoms with van der Waals surface area (Å²) in [6, 6.07) is 5.48. The number of nitrogens with one attached hydrogen (secondary N) is 1. The van der Waals surface area contributed by atoms with Crippen LogP contribution in [0.25, 0.3) is 0 Å². The highest BCUT2D eigenvalue weighted by Gasteiger charge is 2.27. The zero-order valence-electron chi connectivity index (χ0n) is 7.50. The Bertz CT molecular complexity index is 341. The van der Waals surface area contributed by atoms with Crippen LogP contribution < -0.4 is 5.32 Å². The van der Waals surface area contributed by atoms with Gasteiger partial charge >= 0.3 is 0 Å². The molecule has 76 valence electrons. The minimum absolute atomic E-state index is 0.326. The molecule has 0 spiro atoms. The number of hydrogen-bond acceptors (Lipinski definition) is 2. The fourth-order valence-corrected chi connectivity index (χ4v) is 2.45. The topological polar surface area (TPSA) is 32.3 Å². The smallest absolute Gasteiger partial charge is 0.0853 e. The number of aliphatic hydroxyl groups is 1. The van der Waals surface area contributed by atoms with Gasteiger partial charge in [0.1, 0.15) is 0 Å². The van der Waals surface area contributed by atoms with Crippen LogP contribution in [0.4, 0.5) is 0 Å². The van der Waals surface area contributed by atoms with Crippen molar-refractivity contribution in [3.63, 3.8) is 0 Å². The molecule has 4 heteroatoms. The second kappa shape index (κ2) is 4.19. The molecule has 2 nitrogen and oxygen atoms in total. The Hall–Kier alpha value is -0.0900. The van der Waals surface area contributed by atoms with Gasteiger partial charge < -0.3 is 10.4 Å². The summed E-state index contributed by atoms with van der Waals surface area (Å²) in [5.41, 5.74) is 0.918. The van der Waals surface area contributed by atoms with Crippen molar-refractivity contribution in [2.45, 2.75) is 6.10 Å². The Labute approximate surface area is 96.4 Å². The summed E-state index contributed by atoms with van der Waals surface area (Å²) in [7, 11) is 0. The van der Waals surface area contributed by atoms with Gasteiger partial charge in [0.15, 0.2) is 0 Å². The fraction of sp³-hybridized carbons (Fsp3) is 0.400. The molecule has 0 aliphatic carbocycles. The molecule has 0 bridgehead atoms. The average molecular weight is 277 g/mol. The lowest BCUT2D eigenvalue weighted by atomic mass is 9.91. The van der Waals surface area contributed by atoms with E-state index in [9.17, 15) is 5.11 Å². The van der Waals surface area contributed by atoms with Crippen LogP contribution in [0, 0.1) is 5.92 Å². The quantitative estimate of drug-likeness (QED) is 0.869. The summed E-state index contributed by atoms with van der Waals surface area (Å²) in [6.45, 7) is 1.77. The van der Waals surface area contributed by atoms with Crippen molar-refractivity contribution in [2.24, 2.45) is 5.92 Å². The summed E-state index contributed by atoms with van der Waals surface area (Å²) < 4.78 is 0.879. The highest BCUT2D eigenvalue weighted by Crippen LogP contribution is 2.32. The normalized spacial score (nSPS) is 19.1. The number of benzene rings is 1. The molecule has 14 heavy (non-hydrogen) atoms. The minimum atomic E-state index is -0.400. The molecule has 1 aliphatic heterocycles. The van der Waals surface area contributed by atoms with Crippen LogP contribution in [0.15, 0.2) is 22.7 Å². The number of hydrogen-bond donors (Lipinski definition) is 2. The molecular weight excluding hydrogens is 265 g/mol. The predicted octanol–water partition coefficient (Wildman–Crippen LogP) is 2.36. The molecular formula is C10H11BrClNO. The predicted molar refractivity (Wildman–Crippen MR) is 60.5 cm³/mol. The molecule has 0 aromatic heterocycles. The lowest BCUT2D eigenvalue weighted by Crippen LogP contribution is -2.45. The molecule has 0 radical (unpaired) electrons. The third kappa shape index (κ3) is 1.96. The molecule has 0 saturated carbocycles. The van der Waals surface area contributed by atoms with Gasteiger partial charge in [-0.2, -0.15) is 0 Å². The van der Waals surface area contributed by atoms with E-state index in [-0.39, 0.29) is 0 Å². The van der Waals surface area contributed by atoms with Gasteiger partial charge in [-0.3, -0.25) is 0 Å². The molecule has 1 heterocycles. The Morgan fingerprint density at radius 3 is 2.71 bits per heavy atom. The maximum atomic E-state index is 10.00. The van der Waals surface area contributed by atoms with E-state index in [4.69, 9.17) is 11.6 Å². The van der Waals surface area contributed by atoms with E-state index in [1.54, 1.807) is 6.07 Å². The van der Waals surface area contributed by atoms with Gasteiger partial charge in [-0.25, -0.2) is 0 Å². The third-order valence-electron chi connectivity index (χ3n) is 2.54. The zero-order valence-corrected chi connectivity index (χ0v) is 9.85. The van der Waals surface area contributed by atoms with E-state index in [0.29, 0.717) is 10.9 Å². The van der Waals surface area contributed by atoms with Crippen molar-refractivity contribution in [1.29, 1.82) is 0 Å². The second-order valence-corrected chi connectivity index (χ2v) is 4.82. The van der Waals surface area contributed by atoms with Crippen molar-refractivity contribution in [2.75, 3.05) is 13.1 Å². The van der Waals surface area contributed by atoms with Crippen LogP contribution in [-0.4, -0.2) is 18.2 Å². The first kappa shape index (κ1) is 10.4. The Morgan fingerprint density at radius 1 is 1.50 bits per heavy atom. The summed E-state index contributed by atoms with van der Waals surface area (Å²) in [5, 5.41) is 13.8. The maximum Gasteiger partial charge on any atom is 0.0853 e. The van der Waals surface area contributed by atoms with Crippen LogP contribution in [0.1, 0.15) is 11.7 Å². The maximum absolute atomic E-state index is 10.00. The second-order valence-electron chi connectivity index (χ2n) is 3.53. The zero-order chi connectivity index (χ0) is 10.1. The van der Waals surface area contributed by atoms with Gasteiger partial charge in [0.2, 0.25) is 0 Å². The molecule has 2 N–H and O–H groups in total. The van der Waals surface area contributed by atoms with Crippen LogP contribution in [0.5, 0.6) is 0 Å². The summed E-state index contributed by atoms with van der Waals surface area (Å²) >= 11 is 9.23. The first-order valence-corrected chi connectivity index (χ1v) is 5.69. The van der Waals surface area contributed by atoms with Crippen LogP contribution in [-0.2, 0) is 0 Å². The molecule has 1 fully saturated rings. The molecule has 1 aromatic rings.